The fourth-order valence-electron chi connectivity index (χ4n) is 2.14. The highest BCUT2D eigenvalue weighted by molar-refractivity contribution is 7.80. The van der Waals surface area contributed by atoms with E-state index < -0.39 is 23.9 Å². The van der Waals surface area contributed by atoms with Crippen molar-refractivity contribution in [2.45, 2.75) is 38.6 Å². The van der Waals surface area contributed by atoms with E-state index in [2.05, 4.69) is 12.6 Å². The molecule has 0 aliphatic rings. The summed E-state index contributed by atoms with van der Waals surface area (Å²) in [5.41, 5.74) is 0.696. The number of carbonyl (C=O) groups excluding carboxylic acids is 1. The quantitative estimate of drug-likeness (QED) is 0.760. The minimum atomic E-state index is -1.01. The van der Waals surface area contributed by atoms with Crippen LogP contribution in [-0.4, -0.2) is 38.3 Å². The summed E-state index contributed by atoms with van der Waals surface area (Å²) in [7, 11) is 0. The van der Waals surface area contributed by atoms with E-state index >= 15 is 0 Å². The standard InChI is InChI=1S/C16H21NO4S/c1-16(2,3)21-15(20)17-7-6-10-8-11(4-5-12(10)17)14(19)13(18)9-22/h4-8,13-14,18-19,22H,9H2,1-3H3. The smallest absolute Gasteiger partial charge is 0.418 e. The lowest BCUT2D eigenvalue weighted by atomic mass is 10.0. The fraction of sp³-hybridized carbons (Fsp3) is 0.438. The number of rotatable bonds is 3. The van der Waals surface area contributed by atoms with Crippen molar-refractivity contribution in [3.05, 3.63) is 36.0 Å². The van der Waals surface area contributed by atoms with E-state index in [1.54, 1.807) is 30.5 Å². The molecule has 0 aliphatic carbocycles. The predicted octanol–water partition coefficient (Wildman–Crippen LogP) is 2.75. The third-order valence-corrected chi connectivity index (χ3v) is 3.57. The Bertz CT molecular complexity index is 674. The first kappa shape index (κ1) is 16.9. The summed E-state index contributed by atoms with van der Waals surface area (Å²) in [4.78, 5) is 12.2. The number of hydrogen-bond donors (Lipinski definition) is 3. The Hall–Kier alpha value is -1.50. The molecule has 1 heterocycles. The Kier molecular flexibility index (Phi) is 4.84. The van der Waals surface area contributed by atoms with Crippen LogP contribution in [0.1, 0.15) is 32.4 Å². The molecule has 5 nitrogen and oxygen atoms in total. The Labute approximate surface area is 134 Å². The van der Waals surface area contributed by atoms with Crippen molar-refractivity contribution in [2.75, 3.05) is 5.75 Å². The Balaban J connectivity index is 2.33. The first-order chi connectivity index (χ1) is 10.2. The number of carbonyl (C=O) groups is 1. The molecule has 2 rings (SSSR count). The van der Waals surface area contributed by atoms with Crippen LogP contribution in [0, 0.1) is 0 Å². The van der Waals surface area contributed by atoms with Crippen molar-refractivity contribution >= 4 is 29.6 Å². The van der Waals surface area contributed by atoms with Gasteiger partial charge in [0, 0.05) is 17.3 Å². The van der Waals surface area contributed by atoms with E-state index in [1.165, 1.54) is 4.57 Å². The van der Waals surface area contributed by atoms with Gasteiger partial charge in [0.15, 0.2) is 0 Å². The van der Waals surface area contributed by atoms with Crippen molar-refractivity contribution in [1.82, 2.24) is 4.57 Å². The van der Waals surface area contributed by atoms with E-state index in [9.17, 15) is 15.0 Å². The van der Waals surface area contributed by atoms with Crippen LogP contribution in [0.25, 0.3) is 10.9 Å². The normalized spacial score (nSPS) is 14.8. The number of aromatic nitrogens is 1. The van der Waals surface area contributed by atoms with Crippen LogP contribution in [0.5, 0.6) is 0 Å². The van der Waals surface area contributed by atoms with Crippen LogP contribution < -0.4 is 0 Å². The maximum atomic E-state index is 12.2. The second kappa shape index (κ2) is 6.32. The van der Waals surface area contributed by atoms with Gasteiger partial charge in [-0.1, -0.05) is 6.07 Å². The third-order valence-electron chi connectivity index (χ3n) is 3.20. The molecule has 2 atom stereocenters. The van der Waals surface area contributed by atoms with Gasteiger partial charge >= 0.3 is 6.09 Å². The van der Waals surface area contributed by atoms with E-state index in [4.69, 9.17) is 4.74 Å². The molecule has 0 saturated carbocycles. The third kappa shape index (κ3) is 3.63. The molecule has 0 radical (unpaired) electrons. The topological polar surface area (TPSA) is 71.7 Å². The van der Waals surface area contributed by atoms with Gasteiger partial charge in [-0.3, -0.25) is 4.57 Å². The zero-order valence-corrected chi connectivity index (χ0v) is 13.7. The van der Waals surface area contributed by atoms with E-state index in [1.807, 2.05) is 20.8 Å². The number of benzene rings is 1. The largest absolute Gasteiger partial charge is 0.443 e. The van der Waals surface area contributed by atoms with Gasteiger partial charge in [-0.2, -0.15) is 12.6 Å². The van der Waals surface area contributed by atoms with Gasteiger partial charge in [0.05, 0.1) is 11.6 Å². The van der Waals surface area contributed by atoms with Crippen molar-refractivity contribution < 1.29 is 19.7 Å². The van der Waals surface area contributed by atoms with Crippen LogP contribution in [0.4, 0.5) is 4.79 Å². The number of fused-ring (bicyclic) bond motifs is 1. The van der Waals surface area contributed by atoms with Crippen LogP contribution in [0.2, 0.25) is 0 Å². The number of aliphatic hydroxyl groups is 2. The highest BCUT2D eigenvalue weighted by atomic mass is 32.1. The van der Waals surface area contributed by atoms with E-state index in [0.29, 0.717) is 11.1 Å². The molecule has 22 heavy (non-hydrogen) atoms. The zero-order chi connectivity index (χ0) is 16.5. The molecule has 2 N–H and O–H groups in total. The van der Waals surface area contributed by atoms with Crippen molar-refractivity contribution in [3.63, 3.8) is 0 Å². The fourth-order valence-corrected chi connectivity index (χ4v) is 2.34. The highest BCUT2D eigenvalue weighted by Crippen LogP contribution is 2.24. The molecular weight excluding hydrogens is 302 g/mol. The molecule has 120 valence electrons. The van der Waals surface area contributed by atoms with Crippen LogP contribution in [0.3, 0.4) is 0 Å². The van der Waals surface area contributed by atoms with Crippen LogP contribution in [-0.2, 0) is 4.74 Å². The molecule has 2 unspecified atom stereocenters. The molecule has 6 heteroatoms. The second-order valence-electron chi connectivity index (χ2n) is 6.18. The summed E-state index contributed by atoms with van der Waals surface area (Å²) >= 11 is 3.97. The summed E-state index contributed by atoms with van der Waals surface area (Å²) in [6.07, 6.45) is -0.768. The molecule has 0 fully saturated rings. The molecular formula is C16H21NO4S. The monoisotopic (exact) mass is 323 g/mol. The van der Waals surface area contributed by atoms with Gasteiger partial charge < -0.3 is 14.9 Å². The lowest BCUT2D eigenvalue weighted by Gasteiger charge is -2.20. The first-order valence-corrected chi connectivity index (χ1v) is 7.67. The van der Waals surface area contributed by atoms with E-state index in [-0.39, 0.29) is 5.75 Å². The number of aliphatic hydroxyl groups excluding tert-OH is 2. The van der Waals surface area contributed by atoms with Gasteiger partial charge in [0.1, 0.15) is 11.7 Å². The Morgan fingerprint density at radius 1 is 1.32 bits per heavy atom. The van der Waals surface area contributed by atoms with E-state index in [0.717, 1.165) is 5.39 Å². The summed E-state index contributed by atoms with van der Waals surface area (Å²) in [5.74, 6) is 0.165. The maximum absolute atomic E-state index is 12.2. The molecule has 0 amide bonds. The highest BCUT2D eigenvalue weighted by Gasteiger charge is 2.21. The lowest BCUT2D eigenvalue weighted by molar-refractivity contribution is 0.0338. The van der Waals surface area contributed by atoms with Gasteiger partial charge in [0.25, 0.3) is 0 Å². The molecule has 2 aromatic rings. The lowest BCUT2D eigenvalue weighted by Crippen LogP contribution is -2.26. The van der Waals surface area contributed by atoms with Crippen LogP contribution in [0.15, 0.2) is 30.5 Å². The second-order valence-corrected chi connectivity index (χ2v) is 6.54. The zero-order valence-electron chi connectivity index (χ0n) is 12.9. The molecule has 0 saturated heterocycles. The van der Waals surface area contributed by atoms with Crippen molar-refractivity contribution in [3.8, 4) is 0 Å². The summed E-state index contributed by atoms with van der Waals surface area (Å²) in [5, 5.41) is 20.5. The SMILES string of the molecule is CC(C)(C)OC(=O)n1ccc2cc(C(O)C(O)CS)ccc21. The molecule has 0 spiro atoms. The molecule has 0 bridgehead atoms. The number of ether oxygens (including phenoxy) is 1. The van der Waals surface area contributed by atoms with Gasteiger partial charge in [-0.25, -0.2) is 4.79 Å². The Morgan fingerprint density at radius 3 is 2.59 bits per heavy atom. The van der Waals surface area contributed by atoms with Crippen molar-refractivity contribution in [2.24, 2.45) is 0 Å². The van der Waals surface area contributed by atoms with Gasteiger partial charge in [0.2, 0.25) is 0 Å². The number of nitrogens with zero attached hydrogens (tertiary/aromatic N) is 1. The summed E-state index contributed by atoms with van der Waals surface area (Å²) in [6.45, 7) is 5.43. The molecule has 1 aromatic carbocycles. The number of hydrogen-bond acceptors (Lipinski definition) is 5. The van der Waals surface area contributed by atoms with Crippen LogP contribution >= 0.6 is 12.6 Å². The summed E-state index contributed by atoms with van der Waals surface area (Å²) in [6, 6.07) is 6.92. The minimum Gasteiger partial charge on any atom is -0.443 e. The first-order valence-electron chi connectivity index (χ1n) is 7.04. The maximum Gasteiger partial charge on any atom is 0.418 e. The van der Waals surface area contributed by atoms with Crippen molar-refractivity contribution in [1.29, 1.82) is 0 Å². The Morgan fingerprint density at radius 2 is 2.00 bits per heavy atom. The van der Waals surface area contributed by atoms with Gasteiger partial charge in [-0.05, 0) is 44.5 Å². The minimum absolute atomic E-state index is 0.165. The van der Waals surface area contributed by atoms with Gasteiger partial charge in [-0.15, -0.1) is 0 Å². The predicted molar refractivity (Wildman–Crippen MR) is 88.4 cm³/mol. The average Bonchev–Trinajstić information content (AvgIpc) is 2.86. The number of thiol groups is 1. The summed E-state index contributed by atoms with van der Waals surface area (Å²) < 4.78 is 6.77. The molecule has 0 aliphatic heterocycles. The molecule has 1 aromatic heterocycles. The average molecular weight is 323 g/mol.